The van der Waals surface area contributed by atoms with E-state index in [0.29, 0.717) is 35.6 Å². The largest absolute Gasteiger partial charge is 0.443 e. The van der Waals surface area contributed by atoms with Crippen LogP contribution >= 0.6 is 11.6 Å². The molecule has 0 aromatic carbocycles. The summed E-state index contributed by atoms with van der Waals surface area (Å²) in [4.78, 5) is 18.9. The number of pyridine rings is 1. The molecule has 0 radical (unpaired) electrons. The Labute approximate surface area is 155 Å². The molecule has 1 unspecified atom stereocenters. The fourth-order valence-electron chi connectivity index (χ4n) is 3.03. The number of carbonyl (C=O) groups excluding carboxylic acids is 1. The molecule has 0 aliphatic carbocycles. The van der Waals surface area contributed by atoms with E-state index < -0.39 is 5.60 Å². The highest BCUT2D eigenvalue weighted by Gasteiger charge is 2.33. The van der Waals surface area contributed by atoms with E-state index in [4.69, 9.17) is 21.1 Å². The molecule has 1 aromatic rings. The number of hydrogen-bond acceptors (Lipinski definition) is 4. The second-order valence-electron chi connectivity index (χ2n) is 8.29. The molecule has 0 saturated carbocycles. The summed E-state index contributed by atoms with van der Waals surface area (Å²) in [7, 11) is 0. The first-order valence-electron chi connectivity index (χ1n) is 8.74. The van der Waals surface area contributed by atoms with E-state index in [0.717, 1.165) is 12.8 Å². The number of anilines is 1. The van der Waals surface area contributed by atoms with Crippen LogP contribution in [0.2, 0.25) is 5.02 Å². The Hall–Kier alpha value is -1.33. The van der Waals surface area contributed by atoms with Crippen LogP contribution in [0.1, 0.15) is 53.2 Å². The van der Waals surface area contributed by atoms with E-state index in [1.807, 2.05) is 27.7 Å². The summed E-state index contributed by atoms with van der Waals surface area (Å²) in [5.74, 6) is 0.898. The number of halogens is 1. The molecule has 25 heavy (non-hydrogen) atoms. The molecule has 1 aliphatic rings. The molecular formula is C19H29ClN2O3. The van der Waals surface area contributed by atoms with E-state index in [-0.39, 0.29) is 11.7 Å². The Morgan fingerprint density at radius 3 is 2.68 bits per heavy atom. The Kier molecular flexibility index (Phi) is 6.00. The third kappa shape index (κ3) is 5.86. The molecule has 1 saturated heterocycles. The minimum absolute atomic E-state index is 0.175. The summed E-state index contributed by atoms with van der Waals surface area (Å²) in [6.07, 6.45) is 1.42. The van der Waals surface area contributed by atoms with Crippen LogP contribution < -0.4 is 4.90 Å². The van der Waals surface area contributed by atoms with Gasteiger partial charge in [-0.3, -0.25) is 4.90 Å². The van der Waals surface area contributed by atoms with Gasteiger partial charge in [-0.2, -0.15) is 0 Å². The smallest absolute Gasteiger partial charge is 0.416 e. The van der Waals surface area contributed by atoms with Gasteiger partial charge in [0.25, 0.3) is 0 Å². The molecule has 0 N–H and O–H groups in total. The number of rotatable bonds is 3. The highest BCUT2D eigenvalue weighted by Crippen LogP contribution is 2.31. The molecular weight excluding hydrogens is 340 g/mol. The fraction of sp³-hybridized carbons (Fsp3) is 0.684. The number of ether oxygens (including phenoxy) is 2. The minimum atomic E-state index is -0.564. The molecule has 1 aliphatic heterocycles. The zero-order valence-electron chi connectivity index (χ0n) is 16.1. The lowest BCUT2D eigenvalue weighted by Crippen LogP contribution is -2.44. The predicted molar refractivity (Wildman–Crippen MR) is 100 cm³/mol. The van der Waals surface area contributed by atoms with Crippen molar-refractivity contribution < 1.29 is 14.3 Å². The van der Waals surface area contributed by atoms with Crippen LogP contribution in [0.25, 0.3) is 0 Å². The lowest BCUT2D eigenvalue weighted by Gasteiger charge is -2.38. The number of amides is 1. The van der Waals surface area contributed by atoms with Crippen molar-refractivity contribution in [2.45, 2.75) is 65.6 Å². The van der Waals surface area contributed by atoms with Crippen molar-refractivity contribution in [2.75, 3.05) is 18.1 Å². The van der Waals surface area contributed by atoms with E-state index in [9.17, 15) is 4.79 Å². The summed E-state index contributed by atoms with van der Waals surface area (Å²) < 4.78 is 11.4. The average Bonchev–Trinajstić information content (AvgIpc) is 2.45. The minimum Gasteiger partial charge on any atom is -0.443 e. The molecule has 140 valence electrons. The highest BCUT2D eigenvalue weighted by atomic mass is 35.5. The van der Waals surface area contributed by atoms with Crippen LogP contribution in [-0.2, 0) is 9.47 Å². The molecule has 2 rings (SSSR count). The Balaban J connectivity index is 2.25. The monoisotopic (exact) mass is 368 g/mol. The Morgan fingerprint density at radius 1 is 1.44 bits per heavy atom. The van der Waals surface area contributed by atoms with Crippen LogP contribution in [0.5, 0.6) is 0 Å². The number of nitrogens with zero attached hydrogens (tertiary/aromatic N) is 2. The first-order chi connectivity index (χ1) is 11.5. The van der Waals surface area contributed by atoms with Crippen LogP contribution in [0.15, 0.2) is 12.1 Å². The van der Waals surface area contributed by atoms with Gasteiger partial charge in [-0.25, -0.2) is 9.78 Å². The Bertz CT molecular complexity index is 626. The first kappa shape index (κ1) is 20.0. The van der Waals surface area contributed by atoms with Crippen molar-refractivity contribution in [2.24, 2.45) is 5.92 Å². The maximum atomic E-state index is 12.8. The molecule has 0 spiro atoms. The summed E-state index contributed by atoms with van der Waals surface area (Å²) >= 11 is 6.09. The zero-order chi connectivity index (χ0) is 18.8. The first-order valence-corrected chi connectivity index (χ1v) is 9.12. The molecule has 1 amide bonds. The summed E-state index contributed by atoms with van der Waals surface area (Å²) in [6, 6.07) is 3.54. The van der Waals surface area contributed by atoms with Crippen molar-refractivity contribution in [3.63, 3.8) is 0 Å². The van der Waals surface area contributed by atoms with Gasteiger partial charge in [0.1, 0.15) is 11.4 Å². The van der Waals surface area contributed by atoms with Crippen molar-refractivity contribution in [3.05, 3.63) is 22.8 Å². The third-order valence-electron chi connectivity index (χ3n) is 4.14. The Morgan fingerprint density at radius 2 is 2.12 bits per heavy atom. The van der Waals surface area contributed by atoms with Gasteiger partial charge in [0.15, 0.2) is 0 Å². The quantitative estimate of drug-likeness (QED) is 0.754. The van der Waals surface area contributed by atoms with Crippen LogP contribution in [0.4, 0.5) is 10.6 Å². The van der Waals surface area contributed by atoms with Gasteiger partial charge in [0, 0.05) is 13.2 Å². The van der Waals surface area contributed by atoms with Gasteiger partial charge in [0.2, 0.25) is 0 Å². The van der Waals surface area contributed by atoms with Gasteiger partial charge in [-0.15, -0.1) is 0 Å². The van der Waals surface area contributed by atoms with E-state index in [2.05, 4.69) is 18.8 Å². The highest BCUT2D eigenvalue weighted by molar-refractivity contribution is 6.31. The van der Waals surface area contributed by atoms with Crippen molar-refractivity contribution >= 4 is 23.5 Å². The van der Waals surface area contributed by atoms with Crippen LogP contribution in [0.3, 0.4) is 0 Å². The van der Waals surface area contributed by atoms with Gasteiger partial charge in [-0.05, 0) is 72.4 Å². The van der Waals surface area contributed by atoms with Crippen molar-refractivity contribution in [1.82, 2.24) is 4.98 Å². The van der Waals surface area contributed by atoms with Crippen molar-refractivity contribution in [3.8, 4) is 0 Å². The molecule has 1 fully saturated rings. The SMILES string of the molecule is Cc1nc(N(CC2CCOC(C)(C)C2)C(=O)OC(C)(C)C)ccc1Cl. The maximum Gasteiger partial charge on any atom is 0.416 e. The molecule has 1 aromatic heterocycles. The molecule has 1 atom stereocenters. The summed E-state index contributed by atoms with van der Waals surface area (Å²) in [5, 5.41) is 0.583. The number of carbonyl (C=O) groups is 1. The number of aryl methyl sites for hydroxylation is 1. The van der Waals surface area contributed by atoms with Crippen molar-refractivity contribution in [1.29, 1.82) is 0 Å². The average molecular weight is 369 g/mol. The van der Waals surface area contributed by atoms with Gasteiger partial charge < -0.3 is 9.47 Å². The molecule has 2 heterocycles. The molecule has 5 nitrogen and oxygen atoms in total. The second-order valence-corrected chi connectivity index (χ2v) is 8.70. The predicted octanol–water partition coefficient (Wildman–Crippen LogP) is 4.99. The lowest BCUT2D eigenvalue weighted by molar-refractivity contribution is -0.0710. The van der Waals surface area contributed by atoms with Crippen LogP contribution in [0, 0.1) is 12.8 Å². The topological polar surface area (TPSA) is 51.7 Å². The van der Waals surface area contributed by atoms with Gasteiger partial charge >= 0.3 is 6.09 Å². The fourth-order valence-corrected chi connectivity index (χ4v) is 3.14. The zero-order valence-corrected chi connectivity index (χ0v) is 16.8. The standard InChI is InChI=1S/C19H29ClN2O3/c1-13-15(20)7-8-16(21-13)22(17(23)25-18(2,3)4)12-14-9-10-24-19(5,6)11-14/h7-8,14H,9-12H2,1-6H3. The lowest BCUT2D eigenvalue weighted by atomic mass is 9.88. The van der Waals surface area contributed by atoms with E-state index >= 15 is 0 Å². The second kappa shape index (κ2) is 7.50. The summed E-state index contributed by atoms with van der Waals surface area (Å²) in [5.41, 5.74) is -0.0440. The molecule has 0 bridgehead atoms. The number of aromatic nitrogens is 1. The number of hydrogen-bond donors (Lipinski definition) is 0. The third-order valence-corrected chi connectivity index (χ3v) is 4.54. The maximum absolute atomic E-state index is 12.8. The van der Waals surface area contributed by atoms with E-state index in [1.54, 1.807) is 17.0 Å². The van der Waals surface area contributed by atoms with E-state index in [1.165, 1.54) is 0 Å². The van der Waals surface area contributed by atoms with Gasteiger partial charge in [-0.1, -0.05) is 11.6 Å². The van der Waals surface area contributed by atoms with Gasteiger partial charge in [0.05, 0.1) is 16.3 Å². The van der Waals surface area contributed by atoms with Crippen LogP contribution in [-0.4, -0.2) is 35.4 Å². The molecule has 6 heteroatoms. The normalized spacial score (nSPS) is 20.2. The summed E-state index contributed by atoms with van der Waals surface area (Å²) in [6.45, 7) is 12.8.